The zero-order valence-electron chi connectivity index (χ0n) is 10.0. The molecule has 1 aliphatic rings. The predicted octanol–water partition coefficient (Wildman–Crippen LogP) is 3.71. The molecule has 1 rings (SSSR count). The molecule has 0 saturated heterocycles. The largest absolute Gasteiger partial charge is 0.432 e. The van der Waals surface area contributed by atoms with Crippen molar-refractivity contribution in [1.29, 1.82) is 0 Å². The van der Waals surface area contributed by atoms with Gasteiger partial charge in [-0.1, -0.05) is 26.0 Å². The SMILES string of the molecule is CC(C)(CCC1CC=CC1)[Si](C)(C)O. The Labute approximate surface area is 89.4 Å². The van der Waals surface area contributed by atoms with Crippen molar-refractivity contribution in [3.8, 4) is 0 Å². The summed E-state index contributed by atoms with van der Waals surface area (Å²) in [5.74, 6) is 0.852. The second-order valence-corrected chi connectivity index (χ2v) is 10.3. The topological polar surface area (TPSA) is 20.2 Å². The first kappa shape index (κ1) is 12.0. The molecule has 0 atom stereocenters. The molecule has 0 aromatic carbocycles. The highest BCUT2D eigenvalue weighted by Gasteiger charge is 2.37. The van der Waals surface area contributed by atoms with E-state index in [2.05, 4.69) is 39.1 Å². The molecule has 0 unspecified atom stereocenters. The van der Waals surface area contributed by atoms with Crippen LogP contribution in [0.3, 0.4) is 0 Å². The second kappa shape index (κ2) is 4.19. The van der Waals surface area contributed by atoms with Gasteiger partial charge in [-0.15, -0.1) is 0 Å². The first-order valence-electron chi connectivity index (χ1n) is 5.70. The summed E-state index contributed by atoms with van der Waals surface area (Å²) in [7, 11) is -1.98. The van der Waals surface area contributed by atoms with E-state index in [1.54, 1.807) is 0 Å². The third-order valence-corrected chi connectivity index (χ3v) is 7.50. The fourth-order valence-corrected chi connectivity index (χ4v) is 2.54. The fraction of sp³-hybridized carbons (Fsp3) is 0.833. The van der Waals surface area contributed by atoms with E-state index in [0.29, 0.717) is 0 Å². The van der Waals surface area contributed by atoms with Crippen molar-refractivity contribution in [1.82, 2.24) is 0 Å². The van der Waals surface area contributed by atoms with Crippen LogP contribution >= 0.6 is 0 Å². The van der Waals surface area contributed by atoms with Crippen LogP contribution in [0, 0.1) is 5.92 Å². The predicted molar refractivity (Wildman–Crippen MR) is 64.8 cm³/mol. The molecular formula is C12H24OSi. The summed E-state index contributed by atoms with van der Waals surface area (Å²) in [6, 6.07) is 0. The minimum absolute atomic E-state index is 0.162. The molecule has 0 spiro atoms. The molecule has 0 aliphatic heterocycles. The fourth-order valence-electron chi connectivity index (χ4n) is 1.78. The summed E-state index contributed by atoms with van der Waals surface area (Å²) in [5.41, 5.74) is 0. The Morgan fingerprint density at radius 2 is 1.79 bits per heavy atom. The van der Waals surface area contributed by atoms with E-state index in [0.717, 1.165) is 5.92 Å². The number of allylic oxidation sites excluding steroid dienone is 2. The lowest BCUT2D eigenvalue weighted by molar-refractivity contribution is 0.401. The van der Waals surface area contributed by atoms with Crippen molar-refractivity contribution in [2.24, 2.45) is 5.92 Å². The van der Waals surface area contributed by atoms with Gasteiger partial charge in [0.25, 0.3) is 0 Å². The first-order chi connectivity index (χ1) is 6.33. The van der Waals surface area contributed by atoms with E-state index >= 15 is 0 Å². The molecule has 0 saturated carbocycles. The third-order valence-electron chi connectivity index (χ3n) is 3.94. The van der Waals surface area contributed by atoms with Crippen molar-refractivity contribution < 1.29 is 4.80 Å². The van der Waals surface area contributed by atoms with Gasteiger partial charge in [0.05, 0.1) is 0 Å². The summed E-state index contributed by atoms with van der Waals surface area (Å²) in [5, 5.41) is 0.162. The van der Waals surface area contributed by atoms with E-state index in [9.17, 15) is 4.80 Å². The van der Waals surface area contributed by atoms with Gasteiger partial charge in [-0.2, -0.15) is 0 Å². The molecule has 82 valence electrons. The number of rotatable bonds is 4. The lowest BCUT2D eigenvalue weighted by atomic mass is 9.95. The van der Waals surface area contributed by atoms with Crippen LogP contribution in [0.25, 0.3) is 0 Å². The Bertz CT molecular complexity index is 205. The molecule has 0 aromatic heterocycles. The molecule has 1 N–H and O–H groups in total. The zero-order chi connectivity index (χ0) is 10.8. The highest BCUT2D eigenvalue weighted by Crippen LogP contribution is 2.41. The molecule has 1 aliphatic carbocycles. The van der Waals surface area contributed by atoms with E-state index < -0.39 is 8.32 Å². The molecule has 0 bridgehead atoms. The van der Waals surface area contributed by atoms with Gasteiger partial charge in [-0.25, -0.2) is 0 Å². The van der Waals surface area contributed by atoms with E-state index in [1.807, 2.05) is 0 Å². The van der Waals surface area contributed by atoms with Gasteiger partial charge < -0.3 is 4.80 Å². The molecule has 0 heterocycles. The van der Waals surface area contributed by atoms with Crippen LogP contribution in [0.5, 0.6) is 0 Å². The van der Waals surface area contributed by atoms with Crippen LogP contribution in [-0.4, -0.2) is 13.1 Å². The van der Waals surface area contributed by atoms with Gasteiger partial charge in [0, 0.05) is 0 Å². The maximum atomic E-state index is 10.1. The van der Waals surface area contributed by atoms with E-state index in [-0.39, 0.29) is 5.04 Å². The molecule has 1 nitrogen and oxygen atoms in total. The highest BCUT2D eigenvalue weighted by molar-refractivity contribution is 6.72. The maximum Gasteiger partial charge on any atom is 0.188 e. The Morgan fingerprint density at radius 3 is 2.21 bits per heavy atom. The average molecular weight is 212 g/mol. The molecule has 0 radical (unpaired) electrons. The zero-order valence-corrected chi connectivity index (χ0v) is 11.0. The van der Waals surface area contributed by atoms with Gasteiger partial charge in [-0.3, -0.25) is 0 Å². The summed E-state index contributed by atoms with van der Waals surface area (Å²) < 4.78 is 0. The van der Waals surface area contributed by atoms with Gasteiger partial charge >= 0.3 is 0 Å². The molecule has 14 heavy (non-hydrogen) atoms. The van der Waals surface area contributed by atoms with Crippen LogP contribution in [0.2, 0.25) is 18.1 Å². The van der Waals surface area contributed by atoms with Crippen molar-refractivity contribution in [2.75, 3.05) is 0 Å². The Morgan fingerprint density at radius 1 is 1.29 bits per heavy atom. The summed E-state index contributed by atoms with van der Waals surface area (Å²) in [4.78, 5) is 10.1. The van der Waals surface area contributed by atoms with Gasteiger partial charge in [0.2, 0.25) is 0 Å². The van der Waals surface area contributed by atoms with Crippen LogP contribution in [-0.2, 0) is 0 Å². The number of hydrogen-bond acceptors (Lipinski definition) is 1. The van der Waals surface area contributed by atoms with Crippen molar-refractivity contribution in [3.05, 3.63) is 12.2 Å². The van der Waals surface area contributed by atoms with Gasteiger partial charge in [0.1, 0.15) is 0 Å². The molecule has 0 amide bonds. The molecule has 0 aromatic rings. The lowest BCUT2D eigenvalue weighted by Crippen LogP contribution is -2.39. The Kier molecular flexibility index (Phi) is 3.59. The number of hydrogen-bond donors (Lipinski definition) is 1. The quantitative estimate of drug-likeness (QED) is 0.556. The lowest BCUT2D eigenvalue weighted by Gasteiger charge is -2.35. The van der Waals surface area contributed by atoms with Crippen molar-refractivity contribution >= 4 is 8.32 Å². The highest BCUT2D eigenvalue weighted by atomic mass is 28.4. The summed E-state index contributed by atoms with van der Waals surface area (Å²) >= 11 is 0. The first-order valence-corrected chi connectivity index (χ1v) is 8.65. The molecular weight excluding hydrogens is 188 g/mol. The second-order valence-electron chi connectivity index (χ2n) is 5.79. The normalized spacial score (nSPS) is 19.2. The van der Waals surface area contributed by atoms with Crippen LogP contribution < -0.4 is 0 Å². The van der Waals surface area contributed by atoms with Crippen LogP contribution in [0.15, 0.2) is 12.2 Å². The summed E-state index contributed by atoms with van der Waals surface area (Å²) in [6.45, 7) is 8.56. The summed E-state index contributed by atoms with van der Waals surface area (Å²) in [6.07, 6.45) is 9.54. The van der Waals surface area contributed by atoms with Gasteiger partial charge in [-0.05, 0) is 49.7 Å². The van der Waals surface area contributed by atoms with E-state index in [1.165, 1.54) is 25.7 Å². The molecule has 0 fully saturated rings. The van der Waals surface area contributed by atoms with E-state index in [4.69, 9.17) is 0 Å². The van der Waals surface area contributed by atoms with Gasteiger partial charge in [0.15, 0.2) is 8.32 Å². The monoisotopic (exact) mass is 212 g/mol. The Hall–Kier alpha value is -0.0831. The Balaban J connectivity index is 2.36. The minimum atomic E-state index is -1.98. The maximum absolute atomic E-state index is 10.1. The standard InChI is InChI=1S/C12H24OSi/c1-12(2,14(3,4)13)10-9-11-7-5-6-8-11/h5-6,11,13H,7-10H2,1-4H3. The van der Waals surface area contributed by atoms with Crippen LogP contribution in [0.4, 0.5) is 0 Å². The van der Waals surface area contributed by atoms with Crippen molar-refractivity contribution in [3.63, 3.8) is 0 Å². The van der Waals surface area contributed by atoms with Crippen LogP contribution in [0.1, 0.15) is 39.5 Å². The molecule has 2 heteroatoms. The minimum Gasteiger partial charge on any atom is -0.432 e. The smallest absolute Gasteiger partial charge is 0.188 e. The third kappa shape index (κ3) is 2.96. The average Bonchev–Trinajstić information content (AvgIpc) is 2.50. The van der Waals surface area contributed by atoms with Crippen molar-refractivity contribution in [2.45, 2.75) is 57.7 Å².